The molecule has 6 amide bonds. The van der Waals surface area contributed by atoms with Crippen LogP contribution in [0.2, 0.25) is 6.04 Å². The van der Waals surface area contributed by atoms with Crippen LogP contribution in [0.3, 0.4) is 0 Å². The first-order valence-electron chi connectivity index (χ1n) is 33.1. The van der Waals surface area contributed by atoms with Crippen LogP contribution >= 0.6 is 11.8 Å². The van der Waals surface area contributed by atoms with E-state index in [1.807, 2.05) is 193 Å². The van der Waals surface area contributed by atoms with Crippen LogP contribution in [0, 0.1) is 5.92 Å². The molecule has 6 aromatic rings. The van der Waals surface area contributed by atoms with Gasteiger partial charge in [-0.3, -0.25) is 10.6 Å². The van der Waals surface area contributed by atoms with E-state index < -0.39 is 50.7 Å². The van der Waals surface area contributed by atoms with Crippen LogP contribution in [0.15, 0.2) is 170 Å². The first-order chi connectivity index (χ1) is 47.2. The highest BCUT2D eigenvalue weighted by atomic mass is 32.2. The average Bonchev–Trinajstić information content (AvgIpc) is 0.833. The molecule has 0 fully saturated rings. The monoisotopic (exact) mass is 1400 g/mol. The van der Waals surface area contributed by atoms with Gasteiger partial charge in [-0.15, -0.1) is 0 Å². The lowest BCUT2D eigenvalue weighted by molar-refractivity contribution is 0.0851. The molecule has 0 aliphatic heterocycles. The van der Waals surface area contributed by atoms with Crippen LogP contribution in [0.1, 0.15) is 95.9 Å². The van der Waals surface area contributed by atoms with E-state index in [2.05, 4.69) is 38.0 Å². The van der Waals surface area contributed by atoms with Crippen molar-refractivity contribution in [1.29, 1.82) is 0 Å². The lowest BCUT2D eigenvalue weighted by Gasteiger charge is -2.28. The molecule has 1 unspecified atom stereocenters. The molecule has 0 heterocycles. The van der Waals surface area contributed by atoms with Gasteiger partial charge in [0.1, 0.15) is 13.2 Å². The Bertz CT molecular complexity index is 3360. The quantitative estimate of drug-likeness (QED) is 0.0118. The molecule has 0 spiro atoms. The number of hydrogen-bond acceptors (Lipinski definition) is 16. The molecular weight excluding hydrogens is 1310 g/mol. The summed E-state index contributed by atoms with van der Waals surface area (Å²) < 4.78 is 64.1. The summed E-state index contributed by atoms with van der Waals surface area (Å²) in [6.07, 6.45) is 12.2. The molecule has 524 valence electrons. The average molecular weight is 1400 g/mol. The van der Waals surface area contributed by atoms with Crippen LogP contribution in [-0.4, -0.2) is 136 Å². The van der Waals surface area contributed by atoms with Crippen molar-refractivity contribution in [2.45, 2.75) is 92.5 Å². The number of carbonyl (C=O) groups excluding carboxylic acids is 4. The number of amides is 6. The number of nitrogens with one attached hydrogen (secondary N) is 6. The molecule has 0 saturated carbocycles. The molecule has 0 aromatic heterocycles. The van der Waals surface area contributed by atoms with Crippen LogP contribution in [-0.2, 0) is 62.1 Å². The summed E-state index contributed by atoms with van der Waals surface area (Å²) in [4.78, 5) is 52.1. The van der Waals surface area contributed by atoms with Crippen molar-refractivity contribution in [3.63, 3.8) is 0 Å². The fourth-order valence-electron chi connectivity index (χ4n) is 10.6. The van der Waals surface area contributed by atoms with E-state index in [0.29, 0.717) is 92.5 Å². The van der Waals surface area contributed by atoms with Gasteiger partial charge in [0.2, 0.25) is 0 Å². The summed E-state index contributed by atoms with van der Waals surface area (Å²) in [5.74, 6) is 2.27. The van der Waals surface area contributed by atoms with E-state index in [1.54, 1.807) is 45.6 Å². The van der Waals surface area contributed by atoms with Crippen molar-refractivity contribution in [3.8, 4) is 0 Å². The maximum Gasteiger partial charge on any atom is 0.537 e. The van der Waals surface area contributed by atoms with E-state index >= 15 is 0 Å². The molecule has 21 nitrogen and oxygen atoms in total. The number of urea groups is 2. The highest BCUT2D eigenvalue weighted by Gasteiger charge is 2.44. The number of hydrogen-bond donors (Lipinski definition) is 6. The molecule has 0 saturated heterocycles. The first kappa shape index (κ1) is 78.5. The molecule has 0 bridgehead atoms. The largest absolute Gasteiger partial charge is 0.537 e. The van der Waals surface area contributed by atoms with Crippen molar-refractivity contribution < 1.29 is 68.5 Å². The highest BCUT2D eigenvalue weighted by Crippen LogP contribution is 2.25. The van der Waals surface area contributed by atoms with Crippen LogP contribution < -0.4 is 42.3 Å². The summed E-state index contributed by atoms with van der Waals surface area (Å²) in [6, 6.07) is 45.0. The molecule has 6 aromatic carbocycles. The predicted octanol–water partition coefficient (Wildman–Crippen LogP) is 14.8. The molecule has 0 aliphatic carbocycles. The summed E-state index contributed by atoms with van der Waals surface area (Å²) in [5.41, 5.74) is 7.50. The van der Waals surface area contributed by atoms with Gasteiger partial charge in [-0.1, -0.05) is 97.1 Å². The number of rotatable bonds is 43. The zero-order chi connectivity index (χ0) is 69.6. The second-order valence-electron chi connectivity index (χ2n) is 22.0. The lowest BCUT2D eigenvalue weighted by Crippen LogP contribution is -2.56. The van der Waals surface area contributed by atoms with Crippen LogP contribution in [0.4, 0.5) is 53.3 Å². The molecule has 0 aliphatic rings. The van der Waals surface area contributed by atoms with Gasteiger partial charge in [-0.25, -0.2) is 19.2 Å². The molecule has 0 radical (unpaired) electrons. The third-order valence-corrected chi connectivity index (χ3v) is 25.1. The Hall–Kier alpha value is -7.48. The number of carbonyl (C=O) groups is 4. The van der Waals surface area contributed by atoms with Gasteiger partial charge in [0.25, 0.3) is 0 Å². The number of anilines is 6. The summed E-state index contributed by atoms with van der Waals surface area (Å²) in [5, 5.41) is 19.0. The third kappa shape index (κ3) is 27.0. The van der Waals surface area contributed by atoms with Gasteiger partial charge in [0, 0.05) is 112 Å². The number of benzene rings is 6. The first-order valence-corrected chi connectivity index (χ1v) is 39.7. The summed E-state index contributed by atoms with van der Waals surface area (Å²) >= 11 is 1.89. The second-order valence-corrected chi connectivity index (χ2v) is 31.5. The minimum Gasteiger partial charge on any atom is -0.445 e. The van der Waals surface area contributed by atoms with Gasteiger partial charge in [0.15, 0.2) is 0 Å². The van der Waals surface area contributed by atoms with E-state index in [-0.39, 0.29) is 13.2 Å². The van der Waals surface area contributed by atoms with E-state index in [1.165, 1.54) is 0 Å². The Morgan fingerprint density at radius 3 is 1.15 bits per heavy atom. The summed E-state index contributed by atoms with van der Waals surface area (Å²) in [6.45, 7) is 14.4. The lowest BCUT2D eigenvalue weighted by atomic mass is 9.96. The molecule has 97 heavy (non-hydrogen) atoms. The van der Waals surface area contributed by atoms with Crippen molar-refractivity contribution >= 4 is 107 Å². The maximum absolute atomic E-state index is 13.1. The minimum absolute atomic E-state index is 0.104. The maximum atomic E-state index is 13.1. The third-order valence-electron chi connectivity index (χ3n) is 15.1. The summed E-state index contributed by atoms with van der Waals surface area (Å²) in [7, 11) is -3.89. The Balaban J connectivity index is 0.928. The van der Waals surface area contributed by atoms with Crippen molar-refractivity contribution in [3.05, 3.63) is 192 Å². The highest BCUT2D eigenvalue weighted by molar-refractivity contribution is 7.99. The predicted molar refractivity (Wildman–Crippen MR) is 394 cm³/mol. The topological polar surface area (TPSA) is 242 Å². The Morgan fingerprint density at radius 2 is 0.784 bits per heavy atom. The number of ether oxygens (including phenoxy) is 2. The van der Waals surface area contributed by atoms with E-state index in [4.69, 9.17) is 49.3 Å². The molecule has 25 heteroatoms. The molecule has 6 rings (SSSR count). The van der Waals surface area contributed by atoms with Gasteiger partial charge in [-0.05, 0) is 199 Å². The number of thioether (sulfide) groups is 1. The Morgan fingerprint density at radius 1 is 0.423 bits per heavy atom. The van der Waals surface area contributed by atoms with E-state index in [9.17, 15) is 19.2 Å². The normalized spacial score (nSPS) is 12.1. The second kappa shape index (κ2) is 43.0. The smallest absolute Gasteiger partial charge is 0.445 e. The fraction of sp³-hybridized carbons (Fsp3) is 0.389. The van der Waals surface area contributed by atoms with Gasteiger partial charge in [0.05, 0.1) is 0 Å². The number of allylic oxidation sites excluding steroid dienone is 2. The fourth-order valence-corrected chi connectivity index (χ4v) is 18.6. The molecular formula is C72H98N6O15SSi3. The van der Waals surface area contributed by atoms with Crippen molar-refractivity contribution in [2.75, 3.05) is 118 Å². The zero-order valence-corrected chi connectivity index (χ0v) is 61.3. The van der Waals surface area contributed by atoms with Crippen molar-refractivity contribution in [2.24, 2.45) is 5.92 Å². The Labute approximate surface area is 580 Å². The Kier molecular flexibility index (Phi) is 34.8. The SMILES string of the molecule is CCO[Si](OCC)(OCC)c1ccc(NC(=O)Nc2cccc(Cc3cccc(NC(=O)OCC=CCCC(CC=CCOC(=O)Nc4cccc(Cc5cccc(NC(=O)Nc6ccc([Si](OCC)(OCC)OCC)cc6)c5)c4)CCSCCC[Si](OC)(OC)OC)c3)c2)cc1. The molecule has 1 atom stereocenters. The van der Waals surface area contributed by atoms with Gasteiger partial charge >= 0.3 is 50.7 Å². The van der Waals surface area contributed by atoms with Gasteiger partial charge < -0.3 is 70.6 Å². The van der Waals surface area contributed by atoms with E-state index in [0.717, 1.165) is 82.3 Å². The van der Waals surface area contributed by atoms with Crippen LogP contribution in [0.5, 0.6) is 0 Å². The minimum atomic E-state index is -3.08. The standard InChI is InChI=1S/C72H98N6O15SSi3/c1-10-88-96(89-11-2,90-12-3)67-40-36-61(37-41-67)73-69(79)75-63-32-21-28-57(52-63)50-59-30-23-34-65(54-59)77-71(81)86-45-19-16-17-26-56(44-48-94-47-25-49-95(83-7,84-8)85-9)27-18-20-46-87-72(82)78-66-35-24-31-60(55-66)51-58-29-22-33-64(53-58)76-70(80)74-62-38-42-68(43-39-62)97(91-13-4,92-14-5)93-15-6/h16,18-24,28-43,52-56H,10-15,17,25-27,44-51H2,1-9H3,(H,77,81)(H,78,82)(H2,73,75,79)(H2,74,76,80). The van der Waals surface area contributed by atoms with Crippen LogP contribution in [0.25, 0.3) is 0 Å². The molecule has 6 N–H and O–H groups in total. The van der Waals surface area contributed by atoms with Crippen molar-refractivity contribution in [1.82, 2.24) is 0 Å². The zero-order valence-electron chi connectivity index (χ0n) is 57.5. The van der Waals surface area contributed by atoms with Gasteiger partial charge in [-0.2, -0.15) is 11.8 Å².